The molecule has 1 aromatic rings. The normalized spacial score (nSPS) is 13.9. The van der Waals surface area contributed by atoms with Crippen molar-refractivity contribution in [2.75, 3.05) is 6.61 Å². The van der Waals surface area contributed by atoms with Crippen molar-refractivity contribution in [1.82, 2.24) is 0 Å². The Bertz CT molecular complexity index is 458. The SMILES string of the molecule is CC(C)(C)c1ccc(OCC(C(=O)O)C(F)(F)F)cc1. The number of aliphatic carboxylic acids is 1. The number of hydrogen-bond acceptors (Lipinski definition) is 2. The molecule has 3 nitrogen and oxygen atoms in total. The van der Waals surface area contributed by atoms with Gasteiger partial charge < -0.3 is 9.84 Å². The van der Waals surface area contributed by atoms with Crippen LogP contribution in [0.3, 0.4) is 0 Å². The van der Waals surface area contributed by atoms with Crippen LogP contribution in [0.2, 0.25) is 0 Å². The molecule has 0 spiro atoms. The molecule has 0 bridgehead atoms. The fourth-order valence-corrected chi connectivity index (χ4v) is 1.54. The zero-order valence-corrected chi connectivity index (χ0v) is 11.5. The fraction of sp³-hybridized carbons (Fsp3) is 0.500. The zero-order chi connectivity index (χ0) is 15.6. The average molecular weight is 290 g/mol. The second kappa shape index (κ2) is 5.73. The Morgan fingerprint density at radius 2 is 1.70 bits per heavy atom. The molecule has 20 heavy (non-hydrogen) atoms. The molecule has 0 saturated heterocycles. The van der Waals surface area contributed by atoms with E-state index in [1.165, 1.54) is 12.1 Å². The molecule has 6 heteroatoms. The highest BCUT2D eigenvalue weighted by Crippen LogP contribution is 2.28. The summed E-state index contributed by atoms with van der Waals surface area (Å²) in [5.41, 5.74) is 0.934. The lowest BCUT2D eigenvalue weighted by atomic mass is 9.87. The Balaban J connectivity index is 2.73. The molecule has 1 unspecified atom stereocenters. The summed E-state index contributed by atoms with van der Waals surface area (Å²) in [6, 6.07) is 6.57. The van der Waals surface area contributed by atoms with E-state index in [0.717, 1.165) is 5.56 Å². The molecular weight excluding hydrogens is 273 g/mol. The van der Waals surface area contributed by atoms with Crippen LogP contribution in [0.5, 0.6) is 5.75 Å². The highest BCUT2D eigenvalue weighted by molar-refractivity contribution is 5.71. The Hall–Kier alpha value is -1.72. The quantitative estimate of drug-likeness (QED) is 0.921. The lowest BCUT2D eigenvalue weighted by Gasteiger charge is -2.20. The van der Waals surface area contributed by atoms with Gasteiger partial charge in [0.2, 0.25) is 0 Å². The van der Waals surface area contributed by atoms with Crippen molar-refractivity contribution in [1.29, 1.82) is 0 Å². The van der Waals surface area contributed by atoms with Gasteiger partial charge in [-0.3, -0.25) is 4.79 Å². The second-order valence-electron chi connectivity index (χ2n) is 5.52. The molecule has 0 radical (unpaired) electrons. The number of halogens is 3. The summed E-state index contributed by atoms with van der Waals surface area (Å²) < 4.78 is 42.2. The van der Waals surface area contributed by atoms with Gasteiger partial charge in [0.15, 0.2) is 5.92 Å². The summed E-state index contributed by atoms with van der Waals surface area (Å²) in [4.78, 5) is 10.6. The Kier molecular flexibility index (Phi) is 4.68. The van der Waals surface area contributed by atoms with Crippen molar-refractivity contribution >= 4 is 5.97 Å². The second-order valence-corrected chi connectivity index (χ2v) is 5.52. The third-order valence-electron chi connectivity index (χ3n) is 2.83. The van der Waals surface area contributed by atoms with Crippen molar-refractivity contribution < 1.29 is 27.8 Å². The smallest absolute Gasteiger partial charge is 0.405 e. The van der Waals surface area contributed by atoms with Crippen molar-refractivity contribution in [3.8, 4) is 5.75 Å². The minimum absolute atomic E-state index is 0.0753. The molecule has 0 amide bonds. The Morgan fingerprint density at radius 1 is 1.20 bits per heavy atom. The molecule has 1 atom stereocenters. The maximum absolute atomic E-state index is 12.4. The number of carboxylic acids is 1. The van der Waals surface area contributed by atoms with Crippen LogP contribution >= 0.6 is 0 Å². The van der Waals surface area contributed by atoms with Gasteiger partial charge in [0, 0.05) is 0 Å². The van der Waals surface area contributed by atoms with E-state index in [4.69, 9.17) is 9.84 Å². The van der Waals surface area contributed by atoms with Crippen molar-refractivity contribution in [2.45, 2.75) is 32.4 Å². The van der Waals surface area contributed by atoms with E-state index >= 15 is 0 Å². The summed E-state index contributed by atoms with van der Waals surface area (Å²) in [6.45, 7) is 5.08. The van der Waals surface area contributed by atoms with Gasteiger partial charge in [-0.05, 0) is 23.1 Å². The van der Waals surface area contributed by atoms with Crippen molar-refractivity contribution in [3.05, 3.63) is 29.8 Å². The molecule has 0 fully saturated rings. The first-order valence-corrected chi connectivity index (χ1v) is 6.04. The van der Waals surface area contributed by atoms with Gasteiger partial charge in [0.05, 0.1) is 0 Å². The highest BCUT2D eigenvalue weighted by Gasteiger charge is 2.45. The topological polar surface area (TPSA) is 46.5 Å². The highest BCUT2D eigenvalue weighted by atomic mass is 19.4. The molecule has 0 aliphatic heterocycles. The molecule has 1 aromatic carbocycles. The van der Waals surface area contributed by atoms with E-state index in [2.05, 4.69) is 0 Å². The van der Waals surface area contributed by atoms with Crippen LogP contribution in [0.4, 0.5) is 13.2 Å². The van der Waals surface area contributed by atoms with Crippen LogP contribution in [-0.4, -0.2) is 23.9 Å². The maximum atomic E-state index is 12.4. The molecule has 1 N–H and O–H groups in total. The molecular formula is C14H17F3O3. The van der Waals surface area contributed by atoms with E-state index in [9.17, 15) is 18.0 Å². The first-order chi connectivity index (χ1) is 9.01. The standard InChI is InChI=1S/C14H17F3O3/c1-13(2,3)9-4-6-10(7-5-9)20-8-11(12(18)19)14(15,16)17/h4-7,11H,8H2,1-3H3,(H,18,19). The number of alkyl halides is 3. The minimum atomic E-state index is -4.82. The molecule has 0 aromatic heterocycles. The molecule has 0 aliphatic rings. The Labute approximate surface area is 115 Å². The summed E-state index contributed by atoms with van der Waals surface area (Å²) in [5, 5.41) is 8.54. The lowest BCUT2D eigenvalue weighted by Crippen LogP contribution is -2.35. The van der Waals surface area contributed by atoms with Crippen molar-refractivity contribution in [2.24, 2.45) is 5.92 Å². The van der Waals surface area contributed by atoms with Gasteiger partial charge in [-0.25, -0.2) is 0 Å². The van der Waals surface area contributed by atoms with E-state index in [0.29, 0.717) is 0 Å². The van der Waals surface area contributed by atoms with Gasteiger partial charge >= 0.3 is 12.1 Å². The number of ether oxygens (including phenoxy) is 1. The number of carboxylic acid groups (broad SMARTS) is 1. The third-order valence-corrected chi connectivity index (χ3v) is 2.83. The van der Waals surface area contributed by atoms with Gasteiger partial charge in [-0.1, -0.05) is 32.9 Å². The van der Waals surface area contributed by atoms with Crippen LogP contribution < -0.4 is 4.74 Å². The average Bonchev–Trinajstić information content (AvgIpc) is 2.26. The number of benzene rings is 1. The van der Waals surface area contributed by atoms with Crippen LogP contribution in [0, 0.1) is 5.92 Å². The van der Waals surface area contributed by atoms with Crippen LogP contribution in [0.25, 0.3) is 0 Å². The van der Waals surface area contributed by atoms with Gasteiger partial charge in [0.1, 0.15) is 12.4 Å². The number of hydrogen-bond donors (Lipinski definition) is 1. The predicted molar refractivity (Wildman–Crippen MR) is 67.8 cm³/mol. The summed E-state index contributed by atoms with van der Waals surface area (Å²) >= 11 is 0. The molecule has 112 valence electrons. The minimum Gasteiger partial charge on any atom is -0.492 e. The fourth-order valence-electron chi connectivity index (χ4n) is 1.54. The van der Waals surface area contributed by atoms with Crippen molar-refractivity contribution in [3.63, 3.8) is 0 Å². The zero-order valence-electron chi connectivity index (χ0n) is 11.5. The number of rotatable bonds is 4. The van der Waals surface area contributed by atoms with Crippen LogP contribution in [0.1, 0.15) is 26.3 Å². The summed E-state index contributed by atoms with van der Waals surface area (Å²) in [5.74, 6) is -4.25. The Morgan fingerprint density at radius 3 is 2.05 bits per heavy atom. The van der Waals surface area contributed by atoms with E-state index in [1.807, 2.05) is 20.8 Å². The third kappa shape index (κ3) is 4.43. The first kappa shape index (κ1) is 16.3. The van der Waals surface area contributed by atoms with E-state index < -0.39 is 24.7 Å². The van der Waals surface area contributed by atoms with Gasteiger partial charge in [-0.15, -0.1) is 0 Å². The maximum Gasteiger partial charge on any atom is 0.405 e. The molecule has 0 saturated carbocycles. The van der Waals surface area contributed by atoms with E-state index in [-0.39, 0.29) is 11.2 Å². The summed E-state index contributed by atoms with van der Waals surface area (Å²) in [6.07, 6.45) is -4.82. The van der Waals surface area contributed by atoms with E-state index in [1.54, 1.807) is 12.1 Å². The van der Waals surface area contributed by atoms with Gasteiger partial charge in [0.25, 0.3) is 0 Å². The monoisotopic (exact) mass is 290 g/mol. The lowest BCUT2D eigenvalue weighted by molar-refractivity contribution is -0.198. The largest absolute Gasteiger partial charge is 0.492 e. The number of carbonyl (C=O) groups is 1. The first-order valence-electron chi connectivity index (χ1n) is 6.04. The predicted octanol–water partition coefficient (Wildman–Crippen LogP) is 3.63. The molecule has 0 aliphatic carbocycles. The van der Waals surface area contributed by atoms with Crippen LogP contribution in [0.15, 0.2) is 24.3 Å². The van der Waals surface area contributed by atoms with Gasteiger partial charge in [-0.2, -0.15) is 13.2 Å². The van der Waals surface area contributed by atoms with Crippen LogP contribution in [-0.2, 0) is 10.2 Å². The molecule has 0 heterocycles. The summed E-state index contributed by atoms with van der Waals surface area (Å²) in [7, 11) is 0. The molecule has 1 rings (SSSR count).